The average molecular weight is 556 g/mol. The van der Waals surface area contributed by atoms with Gasteiger partial charge >= 0.3 is 7.60 Å². The third-order valence-electron chi connectivity index (χ3n) is 5.95. The fraction of sp³-hybridized carbons (Fsp3) is 0.273. The van der Waals surface area contributed by atoms with E-state index in [0.29, 0.717) is 0 Å². The van der Waals surface area contributed by atoms with Crippen LogP contribution in [0.1, 0.15) is 22.5 Å². The monoisotopic (exact) mass is 555 g/mol. The van der Waals surface area contributed by atoms with Crippen LogP contribution in [0, 0.1) is 5.82 Å². The van der Waals surface area contributed by atoms with E-state index in [4.69, 9.17) is 17.3 Å². The van der Waals surface area contributed by atoms with Gasteiger partial charge in [0.05, 0.1) is 22.4 Å². The zero-order chi connectivity index (χ0) is 27.1. The molecule has 37 heavy (non-hydrogen) atoms. The predicted octanol–water partition coefficient (Wildman–Crippen LogP) is 0.986. The van der Waals surface area contributed by atoms with E-state index in [1.807, 2.05) is 0 Å². The molecule has 0 aliphatic carbocycles. The SMILES string of the molecule is NC(=O)c1nn(CC(=O)N2C[C@H](F)C[C@H]2C(=O)NCc2cccc(Cl)c2F)c2cc(P(=O)(O)O)ccc12. The molecule has 1 saturated heterocycles. The number of hydrogen-bond donors (Lipinski definition) is 4. The van der Waals surface area contributed by atoms with E-state index in [1.165, 1.54) is 24.3 Å². The van der Waals surface area contributed by atoms with E-state index in [2.05, 4.69) is 10.4 Å². The number of alkyl halides is 1. The second-order valence-corrected chi connectivity index (χ2v) is 10.5. The minimum Gasteiger partial charge on any atom is -0.364 e. The van der Waals surface area contributed by atoms with Crippen molar-refractivity contribution in [2.45, 2.75) is 31.7 Å². The summed E-state index contributed by atoms with van der Waals surface area (Å²) in [4.78, 5) is 57.7. The number of carbonyl (C=O) groups is 3. The normalized spacial score (nSPS) is 17.8. The number of fused-ring (bicyclic) bond motifs is 1. The molecule has 0 spiro atoms. The summed E-state index contributed by atoms with van der Waals surface area (Å²) in [6.07, 6.45) is -1.79. The summed E-state index contributed by atoms with van der Waals surface area (Å²) in [6.45, 7) is -1.20. The van der Waals surface area contributed by atoms with Gasteiger partial charge in [-0.3, -0.25) is 23.6 Å². The maximum atomic E-state index is 14.3. The Morgan fingerprint density at radius 3 is 2.65 bits per heavy atom. The minimum absolute atomic E-state index is 0.0383. The van der Waals surface area contributed by atoms with E-state index >= 15 is 0 Å². The molecule has 1 fully saturated rings. The van der Waals surface area contributed by atoms with E-state index in [-0.39, 0.29) is 45.5 Å². The van der Waals surface area contributed by atoms with Crippen LogP contribution in [-0.2, 0) is 27.2 Å². The van der Waals surface area contributed by atoms with Crippen molar-refractivity contribution in [1.82, 2.24) is 20.0 Å². The zero-order valence-electron chi connectivity index (χ0n) is 19.0. The van der Waals surface area contributed by atoms with Crippen LogP contribution in [0.2, 0.25) is 5.02 Å². The number of nitrogens with two attached hydrogens (primary N) is 1. The van der Waals surface area contributed by atoms with Crippen LogP contribution in [0.5, 0.6) is 0 Å². The van der Waals surface area contributed by atoms with Crippen molar-refractivity contribution in [3.8, 4) is 0 Å². The molecule has 5 N–H and O–H groups in total. The summed E-state index contributed by atoms with van der Waals surface area (Å²) in [5.74, 6) is -3.09. The van der Waals surface area contributed by atoms with Crippen LogP contribution in [0.4, 0.5) is 8.78 Å². The summed E-state index contributed by atoms with van der Waals surface area (Å²) in [7, 11) is -4.67. The molecule has 1 aromatic heterocycles. The van der Waals surface area contributed by atoms with Crippen molar-refractivity contribution in [3.05, 3.63) is 58.5 Å². The molecule has 3 aromatic rings. The third-order valence-corrected chi connectivity index (χ3v) is 7.19. The summed E-state index contributed by atoms with van der Waals surface area (Å²) in [5, 5.41) is 6.13. The number of rotatable bonds is 7. The van der Waals surface area contributed by atoms with Gasteiger partial charge in [0.15, 0.2) is 5.69 Å². The number of benzene rings is 2. The van der Waals surface area contributed by atoms with Gasteiger partial charge in [-0.25, -0.2) is 8.78 Å². The third kappa shape index (κ3) is 5.49. The van der Waals surface area contributed by atoms with Crippen LogP contribution >= 0.6 is 19.2 Å². The molecular formula is C22H21ClF2N5O6P. The molecule has 0 radical (unpaired) electrons. The lowest BCUT2D eigenvalue weighted by Gasteiger charge is -2.24. The van der Waals surface area contributed by atoms with Crippen molar-refractivity contribution < 1.29 is 37.5 Å². The molecule has 1 aliphatic rings. The standard InChI is InChI=1S/C22H21ClF2N5O6P/c23-15-3-1-2-11(19(15)25)8-27-22(33)17-6-12(24)9-29(17)18(31)10-30-16-7-13(37(34,35)36)4-5-14(16)20(28-30)21(26)32/h1-5,7,12,17H,6,8-10H2,(H2,26,32)(H,27,33)(H2,34,35,36)/t12-,17+/m1/s1. The van der Waals surface area contributed by atoms with Gasteiger partial charge in [0.1, 0.15) is 24.6 Å². The Balaban J connectivity index is 1.57. The number of hydrogen-bond acceptors (Lipinski definition) is 5. The summed E-state index contributed by atoms with van der Waals surface area (Å²) < 4.78 is 41.1. The Kier molecular flexibility index (Phi) is 7.33. The molecule has 0 bridgehead atoms. The van der Waals surface area contributed by atoms with Crippen molar-refractivity contribution in [3.63, 3.8) is 0 Å². The van der Waals surface area contributed by atoms with Gasteiger partial charge in [-0.2, -0.15) is 5.10 Å². The molecule has 196 valence electrons. The highest BCUT2D eigenvalue weighted by molar-refractivity contribution is 7.60. The topological polar surface area (TPSA) is 168 Å². The number of nitrogens with one attached hydrogen (secondary N) is 1. The molecule has 4 rings (SSSR count). The number of likely N-dealkylation sites (tertiary alicyclic amines) is 1. The number of primary amides is 1. The second-order valence-electron chi connectivity index (χ2n) is 8.44. The molecule has 2 atom stereocenters. The lowest BCUT2D eigenvalue weighted by Crippen LogP contribution is -2.46. The highest BCUT2D eigenvalue weighted by atomic mass is 35.5. The number of aromatic nitrogens is 2. The van der Waals surface area contributed by atoms with Crippen LogP contribution in [-0.4, -0.2) is 60.9 Å². The molecule has 0 saturated carbocycles. The van der Waals surface area contributed by atoms with Gasteiger partial charge in [0.25, 0.3) is 5.91 Å². The number of nitrogens with zero attached hydrogens (tertiary/aromatic N) is 3. The van der Waals surface area contributed by atoms with Crippen molar-refractivity contribution in [2.24, 2.45) is 5.73 Å². The van der Waals surface area contributed by atoms with Crippen molar-refractivity contribution in [2.75, 3.05) is 6.54 Å². The van der Waals surface area contributed by atoms with Crippen LogP contribution in [0.3, 0.4) is 0 Å². The highest BCUT2D eigenvalue weighted by Gasteiger charge is 2.40. The molecule has 11 nitrogen and oxygen atoms in total. The quantitative estimate of drug-likeness (QED) is 0.315. The molecule has 0 unspecified atom stereocenters. The highest BCUT2D eigenvalue weighted by Crippen LogP contribution is 2.34. The first-order valence-electron chi connectivity index (χ1n) is 10.9. The van der Waals surface area contributed by atoms with Crippen molar-refractivity contribution in [1.29, 1.82) is 0 Å². The Labute approximate surface area is 213 Å². The Morgan fingerprint density at radius 2 is 1.97 bits per heavy atom. The number of amides is 3. The Hall–Kier alpha value is -3.38. The Bertz CT molecular complexity index is 1460. The molecule has 2 aromatic carbocycles. The van der Waals surface area contributed by atoms with Gasteiger partial charge < -0.3 is 25.7 Å². The van der Waals surface area contributed by atoms with E-state index in [9.17, 15) is 37.5 Å². The zero-order valence-corrected chi connectivity index (χ0v) is 20.6. The van der Waals surface area contributed by atoms with Gasteiger partial charge in [-0.1, -0.05) is 23.7 Å². The van der Waals surface area contributed by atoms with Crippen molar-refractivity contribution >= 4 is 53.1 Å². The summed E-state index contributed by atoms with van der Waals surface area (Å²) in [6, 6.07) is 6.50. The van der Waals surface area contributed by atoms with Crippen LogP contribution in [0.15, 0.2) is 36.4 Å². The predicted molar refractivity (Wildman–Crippen MR) is 128 cm³/mol. The fourth-order valence-corrected chi connectivity index (χ4v) is 4.91. The smallest absolute Gasteiger partial charge is 0.356 e. The fourth-order valence-electron chi connectivity index (χ4n) is 4.16. The second kappa shape index (κ2) is 10.2. The lowest BCUT2D eigenvalue weighted by atomic mass is 10.1. The first kappa shape index (κ1) is 26.7. The summed E-state index contributed by atoms with van der Waals surface area (Å²) in [5.41, 5.74) is 5.26. The summed E-state index contributed by atoms with van der Waals surface area (Å²) >= 11 is 5.74. The first-order chi connectivity index (χ1) is 17.4. The largest absolute Gasteiger partial charge is 0.364 e. The van der Waals surface area contributed by atoms with E-state index < -0.39 is 56.4 Å². The number of halogens is 3. The molecule has 1 aliphatic heterocycles. The number of carbonyl (C=O) groups excluding carboxylic acids is 3. The van der Waals surface area contributed by atoms with E-state index in [1.54, 1.807) is 0 Å². The maximum absolute atomic E-state index is 14.3. The van der Waals surface area contributed by atoms with Gasteiger partial charge in [-0.15, -0.1) is 0 Å². The van der Waals surface area contributed by atoms with Gasteiger partial charge in [-0.05, 0) is 24.3 Å². The molecule has 3 amide bonds. The minimum atomic E-state index is -4.67. The van der Waals surface area contributed by atoms with Crippen LogP contribution < -0.4 is 16.4 Å². The van der Waals surface area contributed by atoms with Gasteiger partial charge in [0.2, 0.25) is 11.8 Å². The molecule has 15 heteroatoms. The first-order valence-corrected chi connectivity index (χ1v) is 12.9. The molecular weight excluding hydrogens is 535 g/mol. The Morgan fingerprint density at radius 1 is 1.24 bits per heavy atom. The average Bonchev–Trinajstić information content (AvgIpc) is 3.40. The maximum Gasteiger partial charge on any atom is 0.356 e. The molecule has 2 heterocycles. The van der Waals surface area contributed by atoms with E-state index in [0.717, 1.165) is 21.7 Å². The van der Waals surface area contributed by atoms with Crippen LogP contribution in [0.25, 0.3) is 10.9 Å². The lowest BCUT2D eigenvalue weighted by molar-refractivity contribution is -0.139. The van der Waals surface area contributed by atoms with Gasteiger partial charge in [0, 0.05) is 23.9 Å².